The highest BCUT2D eigenvalue weighted by molar-refractivity contribution is 7.80. The first-order valence-corrected chi connectivity index (χ1v) is 7.32. The maximum Gasteiger partial charge on any atom is 0.337 e. The van der Waals surface area contributed by atoms with Gasteiger partial charge in [0, 0.05) is 5.69 Å². The van der Waals surface area contributed by atoms with Gasteiger partial charge in [-0.25, -0.2) is 4.79 Å². The van der Waals surface area contributed by atoms with E-state index < -0.39 is 0 Å². The summed E-state index contributed by atoms with van der Waals surface area (Å²) >= 11 is 5.31. The molecular weight excluding hydrogens is 296 g/mol. The summed E-state index contributed by atoms with van der Waals surface area (Å²) in [6.07, 6.45) is 0. The van der Waals surface area contributed by atoms with Crippen molar-refractivity contribution in [1.29, 1.82) is 0 Å². The van der Waals surface area contributed by atoms with Crippen LogP contribution in [0.3, 0.4) is 0 Å². The Morgan fingerprint density at radius 1 is 1.14 bits per heavy atom. The van der Waals surface area contributed by atoms with Crippen molar-refractivity contribution >= 4 is 29.0 Å². The van der Waals surface area contributed by atoms with Crippen LogP contribution < -0.4 is 10.6 Å². The lowest BCUT2D eigenvalue weighted by atomic mass is 10.1. The molecule has 0 saturated heterocycles. The van der Waals surface area contributed by atoms with Gasteiger partial charge in [-0.15, -0.1) is 0 Å². The first-order chi connectivity index (χ1) is 10.6. The third-order valence-electron chi connectivity index (χ3n) is 3.19. The van der Waals surface area contributed by atoms with Crippen LogP contribution in [0, 0.1) is 0 Å². The topological polar surface area (TPSA) is 50.4 Å². The molecule has 114 valence electrons. The van der Waals surface area contributed by atoms with Crippen molar-refractivity contribution in [3.8, 4) is 0 Å². The number of carbonyl (C=O) groups is 1. The SMILES string of the molecule is COC(=O)c1cccc(NC(=S)NC(C)c2ccccc2)c1. The van der Waals surface area contributed by atoms with Crippen LogP contribution in [0.25, 0.3) is 0 Å². The lowest BCUT2D eigenvalue weighted by Gasteiger charge is -2.17. The Hall–Kier alpha value is -2.40. The van der Waals surface area contributed by atoms with Crippen LogP contribution in [0.2, 0.25) is 0 Å². The molecule has 0 fully saturated rings. The van der Waals surface area contributed by atoms with Gasteiger partial charge < -0.3 is 15.4 Å². The van der Waals surface area contributed by atoms with Gasteiger partial charge in [-0.1, -0.05) is 36.4 Å². The van der Waals surface area contributed by atoms with E-state index in [1.54, 1.807) is 18.2 Å². The number of methoxy groups -OCH3 is 1. The van der Waals surface area contributed by atoms with Gasteiger partial charge in [-0.05, 0) is 42.9 Å². The minimum atomic E-state index is -0.375. The molecule has 0 radical (unpaired) electrons. The highest BCUT2D eigenvalue weighted by Crippen LogP contribution is 2.14. The van der Waals surface area contributed by atoms with Gasteiger partial charge in [0.05, 0.1) is 18.7 Å². The van der Waals surface area contributed by atoms with Crippen LogP contribution in [-0.4, -0.2) is 18.2 Å². The Balaban J connectivity index is 1.99. The van der Waals surface area contributed by atoms with E-state index in [0.29, 0.717) is 10.7 Å². The highest BCUT2D eigenvalue weighted by atomic mass is 32.1. The number of thiocarbonyl (C=S) groups is 1. The third kappa shape index (κ3) is 4.30. The molecule has 2 aromatic rings. The monoisotopic (exact) mass is 314 g/mol. The van der Waals surface area contributed by atoms with Crippen LogP contribution in [0.15, 0.2) is 54.6 Å². The fourth-order valence-electron chi connectivity index (χ4n) is 2.03. The number of carbonyl (C=O) groups excluding carboxylic acids is 1. The molecule has 1 unspecified atom stereocenters. The summed E-state index contributed by atoms with van der Waals surface area (Å²) < 4.78 is 4.70. The summed E-state index contributed by atoms with van der Waals surface area (Å²) in [5.74, 6) is -0.375. The maximum absolute atomic E-state index is 11.5. The molecule has 0 aliphatic rings. The first-order valence-electron chi connectivity index (χ1n) is 6.91. The van der Waals surface area contributed by atoms with Gasteiger partial charge in [0.1, 0.15) is 0 Å². The maximum atomic E-state index is 11.5. The number of nitrogens with one attached hydrogen (secondary N) is 2. The number of benzene rings is 2. The summed E-state index contributed by atoms with van der Waals surface area (Å²) in [4.78, 5) is 11.5. The zero-order valence-corrected chi connectivity index (χ0v) is 13.3. The Bertz CT molecular complexity index is 659. The standard InChI is InChI=1S/C17H18N2O2S/c1-12(13-7-4-3-5-8-13)18-17(22)19-15-10-6-9-14(11-15)16(20)21-2/h3-12H,1-2H3,(H2,18,19,22). The summed E-state index contributed by atoms with van der Waals surface area (Å²) in [5, 5.41) is 6.78. The van der Waals surface area contributed by atoms with E-state index in [-0.39, 0.29) is 12.0 Å². The van der Waals surface area contributed by atoms with Crippen LogP contribution in [0.5, 0.6) is 0 Å². The van der Waals surface area contributed by atoms with Crippen molar-refractivity contribution in [3.63, 3.8) is 0 Å². The Morgan fingerprint density at radius 3 is 2.55 bits per heavy atom. The van der Waals surface area contributed by atoms with Crippen LogP contribution in [-0.2, 0) is 4.74 Å². The number of hydrogen-bond acceptors (Lipinski definition) is 3. The lowest BCUT2D eigenvalue weighted by molar-refractivity contribution is 0.0601. The second kappa shape index (κ2) is 7.56. The molecule has 22 heavy (non-hydrogen) atoms. The lowest BCUT2D eigenvalue weighted by Crippen LogP contribution is -2.30. The van der Waals surface area contributed by atoms with Gasteiger partial charge in [0.2, 0.25) is 0 Å². The molecule has 2 rings (SSSR count). The van der Waals surface area contributed by atoms with E-state index in [4.69, 9.17) is 17.0 Å². The average Bonchev–Trinajstić information content (AvgIpc) is 2.55. The molecule has 0 heterocycles. The fourth-order valence-corrected chi connectivity index (χ4v) is 2.33. The molecule has 2 aromatic carbocycles. The zero-order chi connectivity index (χ0) is 15.9. The smallest absolute Gasteiger partial charge is 0.337 e. The molecule has 0 bridgehead atoms. The third-order valence-corrected chi connectivity index (χ3v) is 3.41. The van der Waals surface area contributed by atoms with Gasteiger partial charge in [0.25, 0.3) is 0 Å². The molecule has 4 nitrogen and oxygen atoms in total. The number of esters is 1. The Morgan fingerprint density at radius 2 is 1.86 bits per heavy atom. The average molecular weight is 314 g/mol. The predicted octanol–water partition coefficient (Wildman–Crippen LogP) is 3.52. The predicted molar refractivity (Wildman–Crippen MR) is 92.0 cm³/mol. The minimum absolute atomic E-state index is 0.0880. The van der Waals surface area contributed by atoms with Crippen molar-refractivity contribution in [1.82, 2.24) is 5.32 Å². The molecule has 0 aromatic heterocycles. The van der Waals surface area contributed by atoms with Gasteiger partial charge in [-0.2, -0.15) is 0 Å². The number of anilines is 1. The Kier molecular flexibility index (Phi) is 5.49. The van der Waals surface area contributed by atoms with Gasteiger partial charge in [-0.3, -0.25) is 0 Å². The highest BCUT2D eigenvalue weighted by Gasteiger charge is 2.08. The van der Waals surface area contributed by atoms with Crippen LogP contribution in [0.1, 0.15) is 28.9 Å². The molecule has 0 amide bonds. The summed E-state index contributed by atoms with van der Waals surface area (Å²) in [5.41, 5.74) is 2.36. The summed E-state index contributed by atoms with van der Waals surface area (Å²) in [6.45, 7) is 2.04. The van der Waals surface area contributed by atoms with E-state index in [2.05, 4.69) is 10.6 Å². The Labute approximate surface area is 135 Å². The minimum Gasteiger partial charge on any atom is -0.465 e. The molecule has 0 saturated carbocycles. The second-order valence-electron chi connectivity index (χ2n) is 4.80. The molecule has 5 heteroatoms. The quantitative estimate of drug-likeness (QED) is 0.668. The van der Waals surface area contributed by atoms with E-state index in [0.717, 1.165) is 11.3 Å². The molecular formula is C17H18N2O2S. The summed E-state index contributed by atoms with van der Waals surface area (Å²) in [7, 11) is 1.36. The molecule has 0 aliphatic carbocycles. The van der Waals surface area contributed by atoms with E-state index in [9.17, 15) is 4.79 Å². The van der Waals surface area contributed by atoms with Crippen molar-refractivity contribution in [2.45, 2.75) is 13.0 Å². The molecule has 0 spiro atoms. The molecule has 1 atom stereocenters. The fraction of sp³-hybridized carbons (Fsp3) is 0.176. The molecule has 2 N–H and O–H groups in total. The van der Waals surface area contributed by atoms with E-state index >= 15 is 0 Å². The number of rotatable bonds is 4. The largest absolute Gasteiger partial charge is 0.465 e. The van der Waals surface area contributed by atoms with Gasteiger partial charge >= 0.3 is 5.97 Å². The van der Waals surface area contributed by atoms with Crippen molar-refractivity contribution in [2.24, 2.45) is 0 Å². The van der Waals surface area contributed by atoms with Crippen molar-refractivity contribution < 1.29 is 9.53 Å². The van der Waals surface area contributed by atoms with E-state index in [1.165, 1.54) is 7.11 Å². The number of ether oxygens (including phenoxy) is 1. The first kappa shape index (κ1) is 16.0. The molecule has 0 aliphatic heterocycles. The van der Waals surface area contributed by atoms with E-state index in [1.807, 2.05) is 43.3 Å². The van der Waals surface area contributed by atoms with Crippen molar-refractivity contribution in [2.75, 3.05) is 12.4 Å². The van der Waals surface area contributed by atoms with Crippen LogP contribution in [0.4, 0.5) is 5.69 Å². The van der Waals surface area contributed by atoms with Crippen molar-refractivity contribution in [3.05, 3.63) is 65.7 Å². The summed E-state index contributed by atoms with van der Waals surface area (Å²) in [6, 6.07) is 17.1. The second-order valence-corrected chi connectivity index (χ2v) is 5.21. The number of hydrogen-bond donors (Lipinski definition) is 2. The van der Waals surface area contributed by atoms with Crippen LogP contribution >= 0.6 is 12.2 Å². The zero-order valence-electron chi connectivity index (χ0n) is 12.5. The normalized spacial score (nSPS) is 11.4. The van der Waals surface area contributed by atoms with Gasteiger partial charge in [0.15, 0.2) is 5.11 Å².